The number of carbonyl (C=O) groups excluding carboxylic acids is 1. The molecule has 7 heteroatoms. The van der Waals surface area contributed by atoms with Crippen molar-refractivity contribution in [2.45, 2.75) is 59.3 Å². The second-order valence-corrected chi connectivity index (χ2v) is 7.19. The van der Waals surface area contributed by atoms with Crippen molar-refractivity contribution >= 4 is 34.0 Å². The van der Waals surface area contributed by atoms with Gasteiger partial charge in [0.05, 0.1) is 23.2 Å². The molecule has 0 aliphatic carbocycles. The smallest absolute Gasteiger partial charge is 0.344 e. The number of aryl methyl sites for hydroxylation is 1. The van der Waals surface area contributed by atoms with Crippen LogP contribution in [0.2, 0.25) is 0 Å². The maximum absolute atomic E-state index is 12.8. The number of nitrogens with zero attached hydrogens (tertiary/aromatic N) is 3. The number of hydrogen-bond donors (Lipinski definition) is 1. The van der Waals surface area contributed by atoms with Crippen LogP contribution in [0.5, 0.6) is 0 Å². The van der Waals surface area contributed by atoms with Crippen molar-refractivity contribution in [3.63, 3.8) is 0 Å². The van der Waals surface area contributed by atoms with Crippen LogP contribution in [0.1, 0.15) is 50.9 Å². The van der Waals surface area contributed by atoms with Crippen LogP contribution in [0.15, 0.2) is 24.3 Å². The fourth-order valence-corrected chi connectivity index (χ4v) is 3.01. The molecule has 0 radical (unpaired) electrons. The second kappa shape index (κ2) is 8.56. The monoisotopic (exact) mass is 384 g/mol. The lowest BCUT2D eigenvalue weighted by Crippen LogP contribution is -2.16. The van der Waals surface area contributed by atoms with Crippen LogP contribution in [-0.2, 0) is 16.0 Å². The van der Waals surface area contributed by atoms with E-state index in [9.17, 15) is 4.79 Å². The molecule has 0 fully saturated rings. The van der Waals surface area contributed by atoms with E-state index in [2.05, 4.69) is 4.98 Å². The molecule has 0 saturated carbocycles. The highest BCUT2D eigenvalue weighted by Crippen LogP contribution is 2.29. The summed E-state index contributed by atoms with van der Waals surface area (Å²) in [5.41, 5.74) is 9.22. The normalized spacial score (nSPS) is 12.8. The Morgan fingerprint density at radius 3 is 2.50 bits per heavy atom. The number of hydrogen-bond acceptors (Lipinski definition) is 6. The van der Waals surface area contributed by atoms with Gasteiger partial charge in [-0.05, 0) is 45.7 Å². The molecule has 1 aromatic carbocycles. The average molecular weight is 384 g/mol. The van der Waals surface area contributed by atoms with E-state index in [-0.39, 0.29) is 12.2 Å². The minimum atomic E-state index is -0.460. The van der Waals surface area contributed by atoms with Crippen LogP contribution in [0.25, 0.3) is 22.2 Å². The molecule has 3 aromatic rings. The molecule has 3 rings (SSSR count). The Kier molecular flexibility index (Phi) is 6.14. The number of anilines is 1. The maximum atomic E-state index is 12.8. The van der Waals surface area contributed by atoms with Gasteiger partial charge in [-0.15, -0.1) is 0 Å². The second-order valence-electron chi connectivity index (χ2n) is 7.19. The van der Waals surface area contributed by atoms with Crippen molar-refractivity contribution in [3.8, 4) is 0 Å². The highest BCUT2D eigenvalue weighted by molar-refractivity contribution is 6.08. The molecule has 0 aliphatic heterocycles. The number of esters is 1. The van der Waals surface area contributed by atoms with Gasteiger partial charge in [0, 0.05) is 13.2 Å². The Labute approximate surface area is 164 Å². The summed E-state index contributed by atoms with van der Waals surface area (Å²) in [5.74, 6) is -0.123. The first-order valence-electron chi connectivity index (χ1n) is 9.79. The molecule has 0 unspecified atom stereocenters. The summed E-state index contributed by atoms with van der Waals surface area (Å²) in [4.78, 5) is 22.2. The average Bonchev–Trinajstić information content (AvgIpc) is 2.93. The zero-order valence-corrected chi connectivity index (χ0v) is 16.9. The van der Waals surface area contributed by atoms with Crippen LogP contribution < -0.4 is 5.73 Å². The van der Waals surface area contributed by atoms with Crippen molar-refractivity contribution in [2.24, 2.45) is 0 Å². The molecule has 0 saturated heterocycles. The van der Waals surface area contributed by atoms with Gasteiger partial charge in [0.1, 0.15) is 16.9 Å². The molecule has 2 aromatic heterocycles. The van der Waals surface area contributed by atoms with E-state index in [0.29, 0.717) is 41.2 Å². The third kappa shape index (κ3) is 4.09. The van der Waals surface area contributed by atoms with Crippen LogP contribution in [-0.4, -0.2) is 39.3 Å². The standard InChI is InChI=1S/C21H28N4O3/c1-5-14(4)28-21(26)17-18-20(24-16-10-7-6-9-15(16)23-18)25(19(17)22)11-8-12-27-13(2)3/h6-7,9-10,13-14H,5,8,11-12,22H2,1-4H3/t14-/m0/s1. The van der Waals surface area contributed by atoms with Gasteiger partial charge in [-0.25, -0.2) is 14.8 Å². The van der Waals surface area contributed by atoms with Crippen LogP contribution >= 0.6 is 0 Å². The lowest BCUT2D eigenvalue weighted by atomic mass is 10.2. The zero-order chi connectivity index (χ0) is 20.3. The van der Waals surface area contributed by atoms with Crippen LogP contribution in [0.4, 0.5) is 5.82 Å². The predicted molar refractivity (Wildman–Crippen MR) is 110 cm³/mol. The van der Waals surface area contributed by atoms with Gasteiger partial charge in [-0.3, -0.25) is 0 Å². The molecule has 2 N–H and O–H groups in total. The molecule has 150 valence electrons. The van der Waals surface area contributed by atoms with E-state index in [0.717, 1.165) is 18.4 Å². The molecule has 2 heterocycles. The van der Waals surface area contributed by atoms with E-state index < -0.39 is 5.97 Å². The number of rotatable bonds is 8. The summed E-state index contributed by atoms with van der Waals surface area (Å²) in [5, 5.41) is 0. The molecular weight excluding hydrogens is 356 g/mol. The van der Waals surface area contributed by atoms with E-state index in [1.54, 1.807) is 0 Å². The SMILES string of the molecule is CC[C@H](C)OC(=O)c1c(N)n(CCCOC(C)C)c2nc3ccccc3nc12. The topological polar surface area (TPSA) is 92.3 Å². The Morgan fingerprint density at radius 1 is 1.18 bits per heavy atom. The minimum Gasteiger partial charge on any atom is -0.459 e. The number of aromatic nitrogens is 3. The van der Waals surface area contributed by atoms with Gasteiger partial charge in [-0.1, -0.05) is 19.1 Å². The number of fused-ring (bicyclic) bond motifs is 2. The van der Waals surface area contributed by atoms with Crippen LogP contribution in [0.3, 0.4) is 0 Å². The summed E-state index contributed by atoms with van der Waals surface area (Å²) < 4.78 is 13.0. The molecular formula is C21H28N4O3. The summed E-state index contributed by atoms with van der Waals surface area (Å²) >= 11 is 0. The van der Waals surface area contributed by atoms with Crippen molar-refractivity contribution in [2.75, 3.05) is 12.3 Å². The van der Waals surface area contributed by atoms with Gasteiger partial charge in [0.25, 0.3) is 0 Å². The first kappa shape index (κ1) is 20.1. The molecule has 28 heavy (non-hydrogen) atoms. The van der Waals surface area contributed by atoms with Gasteiger partial charge in [0.15, 0.2) is 5.65 Å². The third-order valence-electron chi connectivity index (χ3n) is 4.66. The van der Waals surface area contributed by atoms with Crippen molar-refractivity contribution < 1.29 is 14.3 Å². The van der Waals surface area contributed by atoms with Gasteiger partial charge in [0.2, 0.25) is 0 Å². The number of ether oxygens (including phenoxy) is 2. The van der Waals surface area contributed by atoms with Crippen molar-refractivity contribution in [3.05, 3.63) is 29.8 Å². The first-order chi connectivity index (χ1) is 13.4. The predicted octanol–water partition coefficient (Wildman–Crippen LogP) is 3.94. The van der Waals surface area contributed by atoms with Crippen molar-refractivity contribution in [1.82, 2.24) is 14.5 Å². The highest BCUT2D eigenvalue weighted by atomic mass is 16.5. The number of nitrogen functional groups attached to an aromatic ring is 1. The fraction of sp³-hybridized carbons (Fsp3) is 0.476. The number of nitrogens with two attached hydrogens (primary N) is 1. The Bertz CT molecular complexity index is 981. The minimum absolute atomic E-state index is 0.170. The summed E-state index contributed by atoms with van der Waals surface area (Å²) in [6, 6.07) is 7.57. The van der Waals surface area contributed by atoms with E-state index in [4.69, 9.17) is 20.2 Å². The van der Waals surface area contributed by atoms with Gasteiger partial charge < -0.3 is 19.8 Å². The Morgan fingerprint density at radius 2 is 1.86 bits per heavy atom. The van der Waals surface area contributed by atoms with Gasteiger partial charge in [-0.2, -0.15) is 0 Å². The van der Waals surface area contributed by atoms with Crippen LogP contribution in [0, 0.1) is 0 Å². The van der Waals surface area contributed by atoms with E-state index in [1.165, 1.54) is 0 Å². The number of carbonyl (C=O) groups is 1. The summed E-state index contributed by atoms with van der Waals surface area (Å²) in [6.45, 7) is 9.01. The Hall–Kier alpha value is -2.67. The molecule has 0 bridgehead atoms. The van der Waals surface area contributed by atoms with E-state index in [1.807, 2.05) is 56.5 Å². The van der Waals surface area contributed by atoms with E-state index >= 15 is 0 Å². The van der Waals surface area contributed by atoms with Gasteiger partial charge >= 0.3 is 5.97 Å². The molecule has 7 nitrogen and oxygen atoms in total. The molecule has 1 atom stereocenters. The maximum Gasteiger partial charge on any atom is 0.344 e. The summed E-state index contributed by atoms with van der Waals surface area (Å²) in [6.07, 6.45) is 1.45. The quantitative estimate of drug-likeness (QED) is 0.467. The van der Waals surface area contributed by atoms with Crippen molar-refractivity contribution in [1.29, 1.82) is 0 Å². The third-order valence-corrected chi connectivity index (χ3v) is 4.66. The number of para-hydroxylation sites is 2. The fourth-order valence-electron chi connectivity index (χ4n) is 3.01. The zero-order valence-electron chi connectivity index (χ0n) is 16.9. The molecule has 0 aliphatic rings. The summed E-state index contributed by atoms with van der Waals surface area (Å²) in [7, 11) is 0. The largest absolute Gasteiger partial charge is 0.459 e. The Balaban J connectivity index is 2.06. The first-order valence-corrected chi connectivity index (χ1v) is 9.79. The lowest BCUT2D eigenvalue weighted by Gasteiger charge is -2.11. The molecule has 0 spiro atoms. The molecule has 0 amide bonds. The highest BCUT2D eigenvalue weighted by Gasteiger charge is 2.25. The number of benzene rings is 1. The lowest BCUT2D eigenvalue weighted by molar-refractivity contribution is 0.0338.